The summed E-state index contributed by atoms with van der Waals surface area (Å²) in [7, 11) is 3.98. The minimum absolute atomic E-state index is 0.0616. The number of carbonyl (C=O) groups excluding carboxylic acids is 2. The molecule has 4 aliphatic heterocycles. The van der Waals surface area contributed by atoms with E-state index in [9.17, 15) is 25.1 Å². The van der Waals surface area contributed by atoms with Gasteiger partial charge >= 0.3 is 0 Å². The molecule has 4 heterocycles. The summed E-state index contributed by atoms with van der Waals surface area (Å²) in [6.07, 6.45) is 0.330. The van der Waals surface area contributed by atoms with E-state index in [0.29, 0.717) is 12.1 Å². The van der Waals surface area contributed by atoms with Gasteiger partial charge in [0.2, 0.25) is 4.87 Å². The summed E-state index contributed by atoms with van der Waals surface area (Å²) in [6, 6.07) is 4.55. The number of amides is 2. The average Bonchev–Trinajstić information content (AvgIpc) is 2.88. The second-order valence-electron chi connectivity index (χ2n) is 5.72. The van der Waals surface area contributed by atoms with Crippen LogP contribution < -0.4 is 10.1 Å². The van der Waals surface area contributed by atoms with Crippen LogP contribution in [-0.4, -0.2) is 50.4 Å². The fourth-order valence-electron chi connectivity index (χ4n) is 3.31. The van der Waals surface area contributed by atoms with Crippen molar-refractivity contribution in [2.24, 2.45) is 0 Å². The largest absolute Gasteiger partial charge is 0.595 e. The number of aliphatic hydroxyl groups excluding tert-OH is 1. The highest BCUT2D eigenvalue weighted by Gasteiger charge is 2.70. The number of nitrogens with one attached hydrogen (secondary N) is 1. The van der Waals surface area contributed by atoms with Crippen LogP contribution in [0.25, 0.3) is 0 Å². The monoisotopic (exact) mass is 355 g/mol. The quantitative estimate of drug-likeness (QED) is 0.472. The van der Waals surface area contributed by atoms with Crippen LogP contribution in [0.4, 0.5) is 11.4 Å². The van der Waals surface area contributed by atoms with Crippen LogP contribution in [0.1, 0.15) is 5.56 Å². The molecule has 8 nitrogen and oxygen atoms in total. The molecule has 1 unspecified atom stereocenters. The van der Waals surface area contributed by atoms with Gasteiger partial charge in [-0.05, 0) is 16.4 Å². The first-order chi connectivity index (χ1) is 10.9. The minimum atomic E-state index is -1.36. The van der Waals surface area contributed by atoms with Crippen LogP contribution in [0.3, 0.4) is 0 Å². The highest BCUT2D eigenvalue weighted by atomic mass is 33.1. The zero-order valence-corrected chi connectivity index (χ0v) is 13.6. The Kier molecular flexibility index (Phi) is 3.06. The molecule has 5 rings (SSSR count). The van der Waals surface area contributed by atoms with Gasteiger partial charge in [-0.25, -0.2) is 5.21 Å². The van der Waals surface area contributed by atoms with E-state index in [4.69, 9.17) is 0 Å². The van der Waals surface area contributed by atoms with Gasteiger partial charge in [0.15, 0.2) is 10.6 Å². The molecule has 10 heteroatoms. The van der Waals surface area contributed by atoms with Crippen molar-refractivity contribution in [2.75, 3.05) is 18.6 Å². The molecule has 122 valence electrons. The van der Waals surface area contributed by atoms with Gasteiger partial charge < -0.3 is 15.2 Å². The Balaban J connectivity index is 1.91. The van der Waals surface area contributed by atoms with E-state index in [1.807, 2.05) is 0 Å². The normalized spacial score (nSPS) is 33.0. The first kappa shape index (κ1) is 15.2. The van der Waals surface area contributed by atoms with E-state index in [2.05, 4.69) is 0 Å². The van der Waals surface area contributed by atoms with Gasteiger partial charge in [0.25, 0.3) is 11.8 Å². The van der Waals surface area contributed by atoms with E-state index in [0.717, 1.165) is 5.56 Å². The summed E-state index contributed by atoms with van der Waals surface area (Å²) >= 11 is 0. The summed E-state index contributed by atoms with van der Waals surface area (Å²) in [5.41, 5.74) is 1.27. The van der Waals surface area contributed by atoms with Crippen LogP contribution in [-0.2, 0) is 16.0 Å². The van der Waals surface area contributed by atoms with Crippen molar-refractivity contribution in [2.45, 2.75) is 16.2 Å². The summed E-state index contributed by atoms with van der Waals surface area (Å²) < 4.78 is 0. The highest BCUT2D eigenvalue weighted by Crippen LogP contribution is 2.63. The summed E-state index contributed by atoms with van der Waals surface area (Å²) in [4.78, 5) is 26.1. The fourth-order valence-corrected chi connectivity index (χ4v) is 6.82. The maximum atomic E-state index is 13.0. The first-order valence-corrected chi connectivity index (χ1v) is 8.99. The van der Waals surface area contributed by atoms with Crippen LogP contribution in [0, 0.1) is 5.21 Å². The Morgan fingerprint density at radius 2 is 2.09 bits per heavy atom. The molecule has 2 amide bonds. The zero-order chi connectivity index (χ0) is 16.6. The molecule has 1 aromatic rings. The van der Waals surface area contributed by atoms with E-state index < -0.39 is 21.6 Å². The van der Waals surface area contributed by atoms with E-state index >= 15 is 0 Å². The lowest BCUT2D eigenvalue weighted by molar-refractivity contribution is -0.991. The molecule has 3 saturated heterocycles. The maximum Gasteiger partial charge on any atom is 0.268 e. The summed E-state index contributed by atoms with van der Waals surface area (Å²) in [6.45, 7) is -0.494. The number of quaternary nitrogens is 1. The van der Waals surface area contributed by atoms with E-state index in [-0.39, 0.29) is 17.5 Å². The lowest BCUT2D eigenvalue weighted by Crippen LogP contribution is -2.99. The van der Waals surface area contributed by atoms with Crippen molar-refractivity contribution in [3.63, 3.8) is 0 Å². The molecule has 3 fully saturated rings. The van der Waals surface area contributed by atoms with Gasteiger partial charge in [0.1, 0.15) is 0 Å². The number of anilines is 1. The Labute approximate surface area is 139 Å². The SMILES string of the molecule is CN1C(=O)[C@@]23Cc4ccc([NH+]([O-])O)cc4N2C(=O)[C@]1(CO)SS3. The molecule has 0 aromatic heterocycles. The van der Waals surface area contributed by atoms with Crippen molar-refractivity contribution in [1.29, 1.82) is 0 Å². The predicted octanol–water partition coefficient (Wildman–Crippen LogP) is -0.769. The molecule has 3 atom stereocenters. The Morgan fingerprint density at radius 1 is 1.35 bits per heavy atom. The zero-order valence-electron chi connectivity index (χ0n) is 12.0. The lowest BCUT2D eigenvalue weighted by atomic mass is 10.0. The molecule has 23 heavy (non-hydrogen) atoms. The van der Waals surface area contributed by atoms with Gasteiger partial charge in [-0.15, -0.1) is 0 Å². The van der Waals surface area contributed by atoms with Gasteiger partial charge in [-0.2, -0.15) is 5.23 Å². The number of carbonyl (C=O) groups is 2. The number of hydrogen-bond acceptors (Lipinski definition) is 7. The highest BCUT2D eigenvalue weighted by molar-refractivity contribution is 8.78. The molecule has 4 aliphatic rings. The van der Waals surface area contributed by atoms with Crippen LogP contribution in [0.15, 0.2) is 18.2 Å². The van der Waals surface area contributed by atoms with E-state index in [1.54, 1.807) is 6.07 Å². The molecule has 0 saturated carbocycles. The van der Waals surface area contributed by atoms with E-state index in [1.165, 1.54) is 50.6 Å². The number of rotatable bonds is 2. The van der Waals surface area contributed by atoms with Crippen molar-refractivity contribution in [3.05, 3.63) is 29.0 Å². The van der Waals surface area contributed by atoms with Crippen LogP contribution >= 0.6 is 21.6 Å². The Bertz CT molecular complexity index is 744. The number of hydrogen-bond donors (Lipinski definition) is 3. The number of likely N-dealkylation sites (N-methyl/N-ethyl adjacent to an activating group) is 1. The van der Waals surface area contributed by atoms with Gasteiger partial charge in [0.05, 0.1) is 12.3 Å². The van der Waals surface area contributed by atoms with Crippen LogP contribution in [0.2, 0.25) is 0 Å². The third-order valence-electron chi connectivity index (χ3n) is 4.61. The topological polar surface area (TPSA) is 109 Å². The van der Waals surface area contributed by atoms with Crippen LogP contribution in [0.5, 0.6) is 0 Å². The van der Waals surface area contributed by atoms with Crippen molar-refractivity contribution in [3.8, 4) is 0 Å². The third-order valence-corrected chi connectivity index (χ3v) is 8.23. The fraction of sp³-hybridized carbons (Fsp3) is 0.385. The second-order valence-corrected chi connectivity index (χ2v) is 8.41. The Morgan fingerprint density at radius 3 is 2.74 bits per heavy atom. The molecular weight excluding hydrogens is 342 g/mol. The van der Waals surface area contributed by atoms with Crippen molar-refractivity contribution < 1.29 is 25.1 Å². The second kappa shape index (κ2) is 4.62. The predicted molar refractivity (Wildman–Crippen MR) is 83.9 cm³/mol. The minimum Gasteiger partial charge on any atom is -0.595 e. The number of aliphatic hydroxyl groups is 1. The molecule has 1 spiro atoms. The molecular formula is C13H13N3O5S2. The third kappa shape index (κ3) is 1.63. The lowest BCUT2D eigenvalue weighted by Gasteiger charge is -2.57. The van der Waals surface area contributed by atoms with Gasteiger partial charge in [0, 0.05) is 25.6 Å². The number of piperazine rings is 1. The number of fused-ring (bicyclic) bond motifs is 3. The Hall–Kier alpha value is -1.30. The standard InChI is InChI=1S/C13H13N3O5S2/c1-14-10(18)12-5-7-2-3-8(16(20)21)4-9(7)15(12)11(19)13(14,6-17)23-22-12/h2-4,16-17,20H,5-6H2,1H3/t12-,13-/m0/s1. The first-order valence-electron chi connectivity index (χ1n) is 6.84. The van der Waals surface area contributed by atoms with Crippen molar-refractivity contribution >= 4 is 44.8 Å². The summed E-state index contributed by atoms with van der Waals surface area (Å²) in [5.74, 6) is -0.630. The molecule has 1 aromatic carbocycles. The smallest absolute Gasteiger partial charge is 0.268 e. The summed E-state index contributed by atoms with van der Waals surface area (Å²) in [5, 5.41) is 29.1. The van der Waals surface area contributed by atoms with Crippen molar-refractivity contribution in [1.82, 2.24) is 4.90 Å². The number of nitrogens with zero attached hydrogens (tertiary/aromatic N) is 2. The molecule has 0 radical (unpaired) electrons. The average molecular weight is 355 g/mol. The van der Waals surface area contributed by atoms with Gasteiger partial charge in [-0.1, -0.05) is 16.9 Å². The molecule has 3 N–H and O–H groups in total. The number of benzene rings is 1. The van der Waals surface area contributed by atoms with Gasteiger partial charge in [-0.3, -0.25) is 14.5 Å². The molecule has 2 bridgehead atoms. The maximum absolute atomic E-state index is 13.0. The molecule has 0 aliphatic carbocycles.